The Morgan fingerprint density at radius 1 is 1.04 bits per heavy atom. The number of hydrogen-bond acceptors (Lipinski definition) is 4. The topological polar surface area (TPSA) is 67.8 Å². The van der Waals surface area contributed by atoms with Crippen LogP contribution in [0.4, 0.5) is 4.39 Å². The SMILES string of the molecule is O=S(=O)(N/N=C\c1cccc(OCc2cccc(Cl)c2)c1)c1ccc(F)cc1. The number of rotatable bonds is 7. The van der Waals surface area contributed by atoms with Crippen molar-refractivity contribution in [2.24, 2.45) is 5.10 Å². The van der Waals surface area contributed by atoms with Crippen LogP contribution in [0.1, 0.15) is 11.1 Å². The number of nitrogens with one attached hydrogen (secondary N) is 1. The van der Waals surface area contributed by atoms with Crippen LogP contribution in [0.15, 0.2) is 82.8 Å². The van der Waals surface area contributed by atoms with Gasteiger partial charge >= 0.3 is 0 Å². The number of hydrazone groups is 1. The lowest BCUT2D eigenvalue weighted by Gasteiger charge is -2.07. The smallest absolute Gasteiger partial charge is 0.276 e. The van der Waals surface area contributed by atoms with E-state index in [1.807, 2.05) is 18.2 Å². The van der Waals surface area contributed by atoms with Gasteiger partial charge in [0.05, 0.1) is 11.1 Å². The predicted molar refractivity (Wildman–Crippen MR) is 107 cm³/mol. The first-order chi connectivity index (χ1) is 13.4. The van der Waals surface area contributed by atoms with Gasteiger partial charge < -0.3 is 4.74 Å². The Bertz CT molecular complexity index is 1090. The molecule has 144 valence electrons. The molecule has 0 aromatic heterocycles. The maximum Gasteiger partial charge on any atom is 0.276 e. The molecule has 0 heterocycles. The average Bonchev–Trinajstić information content (AvgIpc) is 2.67. The monoisotopic (exact) mass is 418 g/mol. The zero-order valence-electron chi connectivity index (χ0n) is 14.5. The fraction of sp³-hybridized carbons (Fsp3) is 0.0500. The van der Waals surface area contributed by atoms with E-state index in [9.17, 15) is 12.8 Å². The number of ether oxygens (including phenoxy) is 1. The molecule has 5 nitrogen and oxygen atoms in total. The zero-order valence-corrected chi connectivity index (χ0v) is 16.1. The van der Waals surface area contributed by atoms with Gasteiger partial charge in [0.25, 0.3) is 10.0 Å². The van der Waals surface area contributed by atoms with Crippen molar-refractivity contribution < 1.29 is 17.5 Å². The van der Waals surface area contributed by atoms with Crippen molar-refractivity contribution in [3.05, 3.63) is 94.8 Å². The second-order valence-corrected chi connectivity index (χ2v) is 7.90. The van der Waals surface area contributed by atoms with Gasteiger partial charge in [-0.15, -0.1) is 0 Å². The van der Waals surface area contributed by atoms with E-state index in [4.69, 9.17) is 16.3 Å². The summed E-state index contributed by atoms with van der Waals surface area (Å²) in [5, 5.41) is 4.39. The molecule has 28 heavy (non-hydrogen) atoms. The van der Waals surface area contributed by atoms with Gasteiger partial charge in [0.1, 0.15) is 18.2 Å². The Morgan fingerprint density at radius 3 is 2.54 bits per heavy atom. The minimum atomic E-state index is -3.87. The van der Waals surface area contributed by atoms with Crippen LogP contribution in [-0.2, 0) is 16.6 Å². The molecule has 0 spiro atoms. The summed E-state index contributed by atoms with van der Waals surface area (Å²) in [7, 11) is -3.87. The maximum atomic E-state index is 12.9. The minimum absolute atomic E-state index is 0.0790. The molecule has 3 aromatic carbocycles. The molecule has 0 saturated heterocycles. The van der Waals surface area contributed by atoms with Crippen LogP contribution >= 0.6 is 11.6 Å². The second kappa shape index (κ2) is 8.86. The van der Waals surface area contributed by atoms with Crippen molar-refractivity contribution in [2.45, 2.75) is 11.5 Å². The van der Waals surface area contributed by atoms with Crippen molar-refractivity contribution in [3.63, 3.8) is 0 Å². The van der Waals surface area contributed by atoms with E-state index in [-0.39, 0.29) is 4.90 Å². The summed E-state index contributed by atoms with van der Waals surface area (Å²) in [6.07, 6.45) is 1.35. The van der Waals surface area contributed by atoms with E-state index < -0.39 is 15.8 Å². The largest absolute Gasteiger partial charge is 0.489 e. The highest BCUT2D eigenvalue weighted by molar-refractivity contribution is 7.89. The highest BCUT2D eigenvalue weighted by Gasteiger charge is 2.12. The zero-order chi connectivity index (χ0) is 20.0. The van der Waals surface area contributed by atoms with Crippen LogP contribution in [0.5, 0.6) is 5.75 Å². The van der Waals surface area contributed by atoms with E-state index in [0.29, 0.717) is 22.9 Å². The van der Waals surface area contributed by atoms with Gasteiger partial charge in [0.2, 0.25) is 0 Å². The highest BCUT2D eigenvalue weighted by Crippen LogP contribution is 2.16. The molecule has 0 unspecified atom stereocenters. The van der Waals surface area contributed by atoms with Crippen molar-refractivity contribution >= 4 is 27.8 Å². The summed E-state index contributed by atoms with van der Waals surface area (Å²) in [5.41, 5.74) is 1.57. The Balaban J connectivity index is 1.63. The number of nitrogens with zero attached hydrogens (tertiary/aromatic N) is 1. The summed E-state index contributed by atoms with van der Waals surface area (Å²) in [6, 6.07) is 18.8. The first-order valence-corrected chi connectivity index (χ1v) is 10.1. The summed E-state index contributed by atoms with van der Waals surface area (Å²) in [6.45, 7) is 0.346. The third kappa shape index (κ3) is 5.55. The second-order valence-electron chi connectivity index (χ2n) is 5.80. The van der Waals surface area contributed by atoms with E-state index in [1.54, 1.807) is 30.3 Å². The third-order valence-corrected chi connectivity index (χ3v) is 5.14. The first kappa shape index (κ1) is 19.9. The standard InChI is InChI=1S/C20H16ClFN2O3S/c21-17-5-1-4-16(11-17)14-27-19-6-2-3-15(12-19)13-23-24-28(25,26)20-9-7-18(22)8-10-20/h1-13,24H,14H2/b23-13-. The molecule has 0 amide bonds. The third-order valence-electron chi connectivity index (χ3n) is 3.66. The molecular weight excluding hydrogens is 403 g/mol. The molecule has 3 rings (SSSR count). The first-order valence-electron chi connectivity index (χ1n) is 8.20. The van der Waals surface area contributed by atoms with E-state index >= 15 is 0 Å². The molecular formula is C20H16ClFN2O3S. The van der Waals surface area contributed by atoms with E-state index in [0.717, 1.165) is 29.8 Å². The summed E-state index contributed by atoms with van der Waals surface area (Å²) in [4.78, 5) is 2.01. The molecule has 0 aliphatic rings. The molecule has 0 aliphatic carbocycles. The molecule has 0 aliphatic heterocycles. The molecule has 0 radical (unpaired) electrons. The predicted octanol–water partition coefficient (Wildman–Crippen LogP) is 4.37. The van der Waals surface area contributed by atoms with Crippen molar-refractivity contribution in [2.75, 3.05) is 0 Å². The Labute approximate surface area is 167 Å². The van der Waals surface area contributed by atoms with Gasteiger partial charge in [-0.1, -0.05) is 35.9 Å². The maximum absolute atomic E-state index is 12.9. The Morgan fingerprint density at radius 2 is 1.79 bits per heavy atom. The van der Waals surface area contributed by atoms with Gasteiger partial charge in [0, 0.05) is 5.02 Å². The fourth-order valence-corrected chi connectivity index (χ4v) is 3.32. The van der Waals surface area contributed by atoms with Crippen LogP contribution < -0.4 is 9.57 Å². The summed E-state index contributed by atoms with van der Waals surface area (Å²) in [5.74, 6) is 0.0855. The lowest BCUT2D eigenvalue weighted by molar-refractivity contribution is 0.306. The van der Waals surface area contributed by atoms with Crippen molar-refractivity contribution in [1.82, 2.24) is 4.83 Å². The average molecular weight is 419 g/mol. The van der Waals surface area contributed by atoms with Crippen molar-refractivity contribution in [3.8, 4) is 5.75 Å². The van der Waals surface area contributed by atoms with E-state index in [2.05, 4.69) is 9.93 Å². The molecule has 0 fully saturated rings. The lowest BCUT2D eigenvalue weighted by Crippen LogP contribution is -2.18. The molecule has 1 N–H and O–H groups in total. The molecule has 8 heteroatoms. The minimum Gasteiger partial charge on any atom is -0.489 e. The van der Waals surface area contributed by atoms with Gasteiger partial charge in [-0.25, -0.2) is 9.22 Å². The Hall–Kier alpha value is -2.90. The molecule has 3 aromatic rings. The molecule has 0 saturated carbocycles. The molecule has 0 bridgehead atoms. The highest BCUT2D eigenvalue weighted by atomic mass is 35.5. The van der Waals surface area contributed by atoms with Crippen LogP contribution in [0.2, 0.25) is 5.02 Å². The van der Waals surface area contributed by atoms with Crippen LogP contribution in [0, 0.1) is 5.82 Å². The van der Waals surface area contributed by atoms with Crippen LogP contribution in [0.25, 0.3) is 0 Å². The normalized spacial score (nSPS) is 11.5. The van der Waals surface area contributed by atoms with Gasteiger partial charge in [-0.2, -0.15) is 13.5 Å². The van der Waals surface area contributed by atoms with Gasteiger partial charge in [-0.3, -0.25) is 0 Å². The van der Waals surface area contributed by atoms with E-state index in [1.165, 1.54) is 6.21 Å². The Kier molecular flexibility index (Phi) is 6.28. The van der Waals surface area contributed by atoms with Crippen LogP contribution in [0.3, 0.4) is 0 Å². The summed E-state index contributed by atoms with van der Waals surface area (Å²) >= 11 is 5.95. The number of benzene rings is 3. The number of halogens is 2. The number of hydrogen-bond donors (Lipinski definition) is 1. The summed E-state index contributed by atoms with van der Waals surface area (Å²) < 4.78 is 42.8. The van der Waals surface area contributed by atoms with Crippen LogP contribution in [-0.4, -0.2) is 14.6 Å². The van der Waals surface area contributed by atoms with Gasteiger partial charge in [0.15, 0.2) is 0 Å². The van der Waals surface area contributed by atoms with Gasteiger partial charge in [-0.05, 0) is 59.7 Å². The fourth-order valence-electron chi connectivity index (χ4n) is 2.31. The lowest BCUT2D eigenvalue weighted by atomic mass is 10.2. The van der Waals surface area contributed by atoms with Crippen molar-refractivity contribution in [1.29, 1.82) is 0 Å². The molecule has 0 atom stereocenters. The quantitative estimate of drug-likeness (QED) is 0.457. The number of sulfonamides is 1.